The molecule has 0 bridgehead atoms. The third-order valence-corrected chi connectivity index (χ3v) is 4.44. The number of hydrogen-bond acceptors (Lipinski definition) is 5. The minimum Gasteiger partial charge on any atom is -0.350 e. The van der Waals surface area contributed by atoms with Gasteiger partial charge < -0.3 is 10.6 Å². The molecule has 1 aromatic carbocycles. The lowest BCUT2D eigenvalue weighted by molar-refractivity contribution is 0.626. The first-order chi connectivity index (χ1) is 12.7. The molecule has 0 radical (unpaired) electrons. The van der Waals surface area contributed by atoms with Crippen LogP contribution in [0.5, 0.6) is 0 Å². The van der Waals surface area contributed by atoms with E-state index in [-0.39, 0.29) is 5.54 Å². The summed E-state index contributed by atoms with van der Waals surface area (Å²) in [6, 6.07) is 9.70. The summed E-state index contributed by atoms with van der Waals surface area (Å²) in [6.07, 6.45) is 3.54. The van der Waals surface area contributed by atoms with Crippen LogP contribution in [0, 0.1) is 13.8 Å². The van der Waals surface area contributed by atoms with E-state index in [9.17, 15) is 0 Å². The molecular weight excluding hydrogens is 358 g/mol. The first-order valence-corrected chi connectivity index (χ1v) is 9.21. The van der Waals surface area contributed by atoms with Gasteiger partial charge in [0.15, 0.2) is 0 Å². The topological polar surface area (TPSA) is 62.7 Å². The average Bonchev–Trinajstić information content (AvgIpc) is 2.61. The fourth-order valence-electron chi connectivity index (χ4n) is 2.71. The normalized spacial score (nSPS) is 11.3. The number of halogens is 1. The molecule has 6 heteroatoms. The molecule has 0 fully saturated rings. The van der Waals surface area contributed by atoms with Gasteiger partial charge in [-0.05, 0) is 63.9 Å². The van der Waals surface area contributed by atoms with E-state index in [1.54, 1.807) is 12.4 Å². The molecule has 0 aliphatic carbocycles. The van der Waals surface area contributed by atoms with Crippen LogP contribution < -0.4 is 10.6 Å². The number of benzene rings is 1. The number of nitrogens with zero attached hydrogens (tertiary/aromatic N) is 3. The van der Waals surface area contributed by atoms with Crippen LogP contribution in [-0.2, 0) is 0 Å². The predicted molar refractivity (Wildman–Crippen MR) is 113 cm³/mol. The Hall–Kier alpha value is -2.66. The Morgan fingerprint density at radius 3 is 2.48 bits per heavy atom. The molecule has 0 amide bonds. The molecule has 0 aliphatic rings. The van der Waals surface area contributed by atoms with Gasteiger partial charge in [-0.1, -0.05) is 17.7 Å². The van der Waals surface area contributed by atoms with Gasteiger partial charge in [0.05, 0.1) is 5.69 Å². The zero-order valence-electron chi connectivity index (χ0n) is 16.3. The van der Waals surface area contributed by atoms with Crippen molar-refractivity contribution in [3.8, 4) is 11.3 Å². The van der Waals surface area contributed by atoms with Crippen molar-refractivity contribution in [2.45, 2.75) is 40.2 Å². The second kappa shape index (κ2) is 7.53. The maximum atomic E-state index is 6.30. The maximum absolute atomic E-state index is 6.30. The van der Waals surface area contributed by atoms with Crippen molar-refractivity contribution in [1.29, 1.82) is 0 Å². The molecule has 3 rings (SSSR count). The molecule has 0 saturated carbocycles. The van der Waals surface area contributed by atoms with Crippen LogP contribution in [0.1, 0.15) is 31.9 Å². The summed E-state index contributed by atoms with van der Waals surface area (Å²) in [5, 5.41) is 7.49. The summed E-state index contributed by atoms with van der Waals surface area (Å²) in [5.74, 6) is 1.26. The maximum Gasteiger partial charge on any atom is 0.225 e. The summed E-state index contributed by atoms with van der Waals surface area (Å²) >= 11 is 6.30. The minimum absolute atomic E-state index is 0.160. The van der Waals surface area contributed by atoms with E-state index in [0.717, 1.165) is 33.1 Å². The van der Waals surface area contributed by atoms with Crippen LogP contribution >= 0.6 is 11.6 Å². The molecule has 0 atom stereocenters. The summed E-state index contributed by atoms with van der Waals surface area (Å²) in [4.78, 5) is 13.5. The number of rotatable bonds is 4. The molecule has 3 aromatic rings. The zero-order chi connectivity index (χ0) is 19.6. The highest BCUT2D eigenvalue weighted by molar-refractivity contribution is 6.31. The van der Waals surface area contributed by atoms with Gasteiger partial charge in [-0.15, -0.1) is 0 Å². The van der Waals surface area contributed by atoms with Crippen molar-refractivity contribution in [1.82, 2.24) is 15.0 Å². The van der Waals surface area contributed by atoms with E-state index in [4.69, 9.17) is 11.6 Å². The Bertz CT molecular complexity index is 949. The van der Waals surface area contributed by atoms with Crippen LogP contribution in [-0.4, -0.2) is 20.5 Å². The first-order valence-electron chi connectivity index (χ1n) is 8.83. The van der Waals surface area contributed by atoms with Crippen molar-refractivity contribution in [3.63, 3.8) is 0 Å². The van der Waals surface area contributed by atoms with Crippen molar-refractivity contribution in [2.24, 2.45) is 0 Å². The largest absolute Gasteiger partial charge is 0.350 e. The Morgan fingerprint density at radius 1 is 1.04 bits per heavy atom. The van der Waals surface area contributed by atoms with Gasteiger partial charge in [0.1, 0.15) is 5.82 Å². The van der Waals surface area contributed by atoms with Gasteiger partial charge in [-0.3, -0.25) is 4.98 Å². The fourth-order valence-corrected chi connectivity index (χ4v) is 2.86. The number of nitrogens with one attached hydrogen (secondary N) is 2. The smallest absolute Gasteiger partial charge is 0.225 e. The average molecular weight is 382 g/mol. The van der Waals surface area contributed by atoms with Crippen LogP contribution in [0.25, 0.3) is 11.3 Å². The SMILES string of the molecule is Cc1ccc(Cl)c(C)c1Nc1cc(-c2cccnc2)nc(NC(C)(C)C)n1. The lowest BCUT2D eigenvalue weighted by atomic mass is 10.1. The molecule has 140 valence electrons. The predicted octanol–water partition coefficient (Wildman–Crippen LogP) is 5.76. The molecule has 2 aromatic heterocycles. The third kappa shape index (κ3) is 4.74. The Morgan fingerprint density at radius 2 is 1.81 bits per heavy atom. The van der Waals surface area contributed by atoms with Gasteiger partial charge in [0, 0.05) is 40.3 Å². The third-order valence-electron chi connectivity index (χ3n) is 4.03. The molecule has 5 nitrogen and oxygen atoms in total. The van der Waals surface area contributed by atoms with Gasteiger partial charge in [0.2, 0.25) is 5.95 Å². The highest BCUT2D eigenvalue weighted by Crippen LogP contribution is 2.31. The minimum atomic E-state index is -0.160. The summed E-state index contributed by atoms with van der Waals surface area (Å²) in [7, 11) is 0. The number of aromatic nitrogens is 3. The van der Waals surface area contributed by atoms with E-state index in [1.165, 1.54) is 0 Å². The Balaban J connectivity index is 2.07. The number of pyridine rings is 1. The summed E-state index contributed by atoms with van der Waals surface area (Å²) in [6.45, 7) is 10.3. The Kier molecular flexibility index (Phi) is 5.33. The summed E-state index contributed by atoms with van der Waals surface area (Å²) < 4.78 is 0. The van der Waals surface area contributed by atoms with Gasteiger partial charge >= 0.3 is 0 Å². The lowest BCUT2D eigenvalue weighted by Gasteiger charge is -2.22. The van der Waals surface area contributed by atoms with Crippen molar-refractivity contribution in [3.05, 3.63) is 58.9 Å². The number of hydrogen-bond donors (Lipinski definition) is 2. The monoisotopic (exact) mass is 381 g/mol. The fraction of sp³-hybridized carbons (Fsp3) is 0.286. The zero-order valence-corrected chi connectivity index (χ0v) is 17.0. The molecule has 0 unspecified atom stereocenters. The second-order valence-corrected chi connectivity index (χ2v) is 7.98. The molecule has 0 saturated heterocycles. The molecular formula is C21H24ClN5. The number of anilines is 3. The highest BCUT2D eigenvalue weighted by Gasteiger charge is 2.15. The Labute approximate surface area is 165 Å². The van der Waals surface area contributed by atoms with Gasteiger partial charge in [-0.25, -0.2) is 4.98 Å². The highest BCUT2D eigenvalue weighted by atomic mass is 35.5. The van der Waals surface area contributed by atoms with Crippen LogP contribution in [0.15, 0.2) is 42.7 Å². The number of aryl methyl sites for hydroxylation is 1. The van der Waals surface area contributed by atoms with E-state index in [0.29, 0.717) is 11.8 Å². The van der Waals surface area contributed by atoms with Gasteiger partial charge in [-0.2, -0.15) is 4.98 Å². The van der Waals surface area contributed by atoms with E-state index >= 15 is 0 Å². The molecule has 2 heterocycles. The quantitative estimate of drug-likeness (QED) is 0.601. The second-order valence-electron chi connectivity index (χ2n) is 7.57. The van der Waals surface area contributed by atoms with E-state index in [2.05, 4.69) is 46.4 Å². The molecule has 27 heavy (non-hydrogen) atoms. The van der Waals surface area contributed by atoms with Crippen molar-refractivity contribution < 1.29 is 0 Å². The molecule has 0 spiro atoms. The standard InChI is InChI=1S/C21H24ClN5/c1-13-8-9-16(22)14(2)19(13)25-18-11-17(15-7-6-10-23-12-15)24-20(26-18)27-21(3,4)5/h6-12H,1-5H3,(H2,24,25,26,27). The van der Waals surface area contributed by atoms with Gasteiger partial charge in [0.25, 0.3) is 0 Å². The molecule has 0 aliphatic heterocycles. The van der Waals surface area contributed by atoms with E-state index < -0.39 is 0 Å². The van der Waals surface area contributed by atoms with Crippen molar-refractivity contribution >= 4 is 29.1 Å². The van der Waals surface area contributed by atoms with Crippen molar-refractivity contribution in [2.75, 3.05) is 10.6 Å². The van der Waals surface area contributed by atoms with E-state index in [1.807, 2.05) is 44.2 Å². The van der Waals surface area contributed by atoms with Crippen LogP contribution in [0.2, 0.25) is 5.02 Å². The van der Waals surface area contributed by atoms with Crippen LogP contribution in [0.4, 0.5) is 17.5 Å². The van der Waals surface area contributed by atoms with Crippen LogP contribution in [0.3, 0.4) is 0 Å². The lowest BCUT2D eigenvalue weighted by Crippen LogP contribution is -2.27. The first kappa shape index (κ1) is 19.1. The summed E-state index contributed by atoms with van der Waals surface area (Å²) in [5.41, 5.74) is 4.61. The molecule has 2 N–H and O–H groups in total.